The summed E-state index contributed by atoms with van der Waals surface area (Å²) in [6, 6.07) is 6.98. The molecule has 0 atom stereocenters. The second-order valence-corrected chi connectivity index (χ2v) is 5.05. The van der Waals surface area contributed by atoms with Gasteiger partial charge >= 0.3 is 12.1 Å². The Morgan fingerprint density at radius 1 is 1.29 bits per heavy atom. The number of nitrogens with zero attached hydrogens (tertiary/aromatic N) is 1. The minimum absolute atomic E-state index is 0.232. The first-order chi connectivity index (χ1) is 10.1. The van der Waals surface area contributed by atoms with Crippen molar-refractivity contribution in [2.24, 2.45) is 0 Å². The molecule has 5 nitrogen and oxygen atoms in total. The second-order valence-electron chi connectivity index (χ2n) is 5.05. The van der Waals surface area contributed by atoms with Crippen LogP contribution in [0.5, 0.6) is 0 Å². The van der Waals surface area contributed by atoms with E-state index in [9.17, 15) is 9.59 Å². The van der Waals surface area contributed by atoms with E-state index in [2.05, 4.69) is 6.58 Å². The zero-order valence-corrected chi connectivity index (χ0v) is 11.8. The molecule has 2 rings (SSSR count). The quantitative estimate of drug-likeness (QED) is 0.865. The maximum Gasteiger partial charge on any atom is 0.410 e. The largest absolute Gasteiger partial charge is 0.478 e. The van der Waals surface area contributed by atoms with Crippen molar-refractivity contribution >= 4 is 12.1 Å². The standard InChI is InChI=1S/C16H19NO4/c1-2-11-21-16(20)17-9-7-13(8-10-17)12-3-5-14(6-4-12)15(18)19/h2-6,13H,1,7-11H2,(H,18,19). The highest BCUT2D eigenvalue weighted by molar-refractivity contribution is 5.87. The molecule has 21 heavy (non-hydrogen) atoms. The lowest BCUT2D eigenvalue weighted by Gasteiger charge is -2.31. The normalized spacial score (nSPS) is 15.5. The van der Waals surface area contributed by atoms with Gasteiger partial charge in [0.15, 0.2) is 0 Å². The smallest absolute Gasteiger partial charge is 0.410 e. The minimum Gasteiger partial charge on any atom is -0.478 e. The van der Waals surface area contributed by atoms with Gasteiger partial charge in [-0.25, -0.2) is 9.59 Å². The number of likely N-dealkylation sites (tertiary alicyclic amines) is 1. The Labute approximate surface area is 123 Å². The summed E-state index contributed by atoms with van der Waals surface area (Å²) in [6.45, 7) is 5.05. The predicted octanol–water partition coefficient (Wildman–Crippen LogP) is 2.89. The topological polar surface area (TPSA) is 66.8 Å². The fourth-order valence-corrected chi connectivity index (χ4v) is 2.51. The number of hydrogen-bond acceptors (Lipinski definition) is 3. The van der Waals surface area contributed by atoms with Gasteiger partial charge in [-0.3, -0.25) is 0 Å². The number of hydrogen-bond donors (Lipinski definition) is 1. The van der Waals surface area contributed by atoms with Crippen LogP contribution in [0.25, 0.3) is 0 Å². The average molecular weight is 289 g/mol. The van der Waals surface area contributed by atoms with Crippen LogP contribution in [0.4, 0.5) is 4.79 Å². The number of benzene rings is 1. The SMILES string of the molecule is C=CCOC(=O)N1CCC(c2ccc(C(=O)O)cc2)CC1. The molecule has 0 bridgehead atoms. The fourth-order valence-electron chi connectivity index (χ4n) is 2.51. The summed E-state index contributed by atoms with van der Waals surface area (Å²) in [5.41, 5.74) is 1.42. The highest BCUT2D eigenvalue weighted by atomic mass is 16.6. The van der Waals surface area contributed by atoms with Crippen LogP contribution in [-0.4, -0.2) is 41.8 Å². The Hall–Kier alpha value is -2.30. The van der Waals surface area contributed by atoms with Crippen LogP contribution in [0.15, 0.2) is 36.9 Å². The number of carbonyl (C=O) groups excluding carboxylic acids is 1. The molecule has 1 aromatic carbocycles. The van der Waals surface area contributed by atoms with Gasteiger partial charge in [-0.05, 0) is 36.5 Å². The lowest BCUT2D eigenvalue weighted by atomic mass is 9.89. The van der Waals surface area contributed by atoms with Crippen LogP contribution >= 0.6 is 0 Å². The predicted molar refractivity (Wildman–Crippen MR) is 78.5 cm³/mol. The number of carbonyl (C=O) groups is 2. The summed E-state index contributed by atoms with van der Waals surface area (Å²) in [5.74, 6) is -0.558. The molecule has 1 aromatic rings. The third kappa shape index (κ3) is 3.84. The van der Waals surface area contributed by atoms with Crippen molar-refractivity contribution in [1.82, 2.24) is 4.90 Å². The maximum atomic E-state index is 11.7. The molecule has 0 aromatic heterocycles. The first kappa shape index (κ1) is 15.1. The van der Waals surface area contributed by atoms with Crippen molar-refractivity contribution in [2.75, 3.05) is 19.7 Å². The molecule has 1 amide bonds. The molecule has 1 N–H and O–H groups in total. The monoisotopic (exact) mass is 289 g/mol. The Morgan fingerprint density at radius 3 is 2.43 bits per heavy atom. The number of aromatic carboxylic acids is 1. The molecule has 1 aliphatic rings. The summed E-state index contributed by atoms with van der Waals surface area (Å²) < 4.78 is 5.02. The van der Waals surface area contributed by atoms with Gasteiger partial charge in [0.2, 0.25) is 0 Å². The molecule has 5 heteroatoms. The van der Waals surface area contributed by atoms with Crippen LogP contribution in [0.1, 0.15) is 34.7 Å². The van der Waals surface area contributed by atoms with Crippen LogP contribution in [0.2, 0.25) is 0 Å². The van der Waals surface area contributed by atoms with E-state index in [1.807, 2.05) is 12.1 Å². The lowest BCUT2D eigenvalue weighted by molar-refractivity contribution is 0.0696. The van der Waals surface area contributed by atoms with Crippen molar-refractivity contribution in [1.29, 1.82) is 0 Å². The van der Waals surface area contributed by atoms with Gasteiger partial charge in [-0.1, -0.05) is 24.8 Å². The number of ether oxygens (including phenoxy) is 1. The van der Waals surface area contributed by atoms with Gasteiger partial charge in [0.1, 0.15) is 6.61 Å². The molecule has 0 aliphatic carbocycles. The molecule has 0 radical (unpaired) electrons. The minimum atomic E-state index is -0.915. The highest BCUT2D eigenvalue weighted by Crippen LogP contribution is 2.28. The molecule has 0 unspecified atom stereocenters. The summed E-state index contributed by atoms with van der Waals surface area (Å²) in [4.78, 5) is 24.2. The van der Waals surface area contributed by atoms with Crippen molar-refractivity contribution in [2.45, 2.75) is 18.8 Å². The van der Waals surface area contributed by atoms with E-state index in [0.717, 1.165) is 18.4 Å². The van der Waals surface area contributed by atoms with Crippen LogP contribution in [0, 0.1) is 0 Å². The molecular formula is C16H19NO4. The summed E-state index contributed by atoms with van der Waals surface area (Å²) in [5, 5.41) is 8.89. The lowest BCUT2D eigenvalue weighted by Crippen LogP contribution is -2.38. The van der Waals surface area contributed by atoms with E-state index in [1.54, 1.807) is 23.1 Å². The number of rotatable bonds is 4. The number of amides is 1. The highest BCUT2D eigenvalue weighted by Gasteiger charge is 2.24. The summed E-state index contributed by atoms with van der Waals surface area (Å²) in [7, 11) is 0. The number of carboxylic acids is 1. The van der Waals surface area contributed by atoms with E-state index in [1.165, 1.54) is 0 Å². The van der Waals surface area contributed by atoms with Crippen LogP contribution in [-0.2, 0) is 4.74 Å². The average Bonchev–Trinajstić information content (AvgIpc) is 2.53. The van der Waals surface area contributed by atoms with E-state index < -0.39 is 5.97 Å². The Bertz CT molecular complexity index is 516. The van der Waals surface area contributed by atoms with Crippen molar-refractivity contribution in [3.05, 3.63) is 48.0 Å². The first-order valence-electron chi connectivity index (χ1n) is 6.97. The maximum absolute atomic E-state index is 11.7. The molecule has 1 saturated heterocycles. The Kier molecular flexibility index (Phi) is 4.98. The molecular weight excluding hydrogens is 270 g/mol. The van der Waals surface area contributed by atoms with E-state index >= 15 is 0 Å². The summed E-state index contributed by atoms with van der Waals surface area (Å²) >= 11 is 0. The molecule has 1 heterocycles. The summed E-state index contributed by atoms with van der Waals surface area (Å²) in [6.07, 6.45) is 2.97. The van der Waals surface area contributed by atoms with Gasteiger partial charge in [0, 0.05) is 13.1 Å². The van der Waals surface area contributed by atoms with Gasteiger partial charge in [0.05, 0.1) is 5.56 Å². The zero-order valence-electron chi connectivity index (χ0n) is 11.8. The molecule has 1 aliphatic heterocycles. The molecule has 0 saturated carbocycles. The number of carboxylic acid groups (broad SMARTS) is 1. The molecule has 112 valence electrons. The Morgan fingerprint density at radius 2 is 1.90 bits per heavy atom. The second kappa shape index (κ2) is 6.92. The fraction of sp³-hybridized carbons (Fsp3) is 0.375. The van der Waals surface area contributed by atoms with Crippen molar-refractivity contribution < 1.29 is 19.4 Å². The third-order valence-corrected chi connectivity index (χ3v) is 3.71. The van der Waals surface area contributed by atoms with Gasteiger partial charge < -0.3 is 14.7 Å². The van der Waals surface area contributed by atoms with E-state index in [0.29, 0.717) is 24.6 Å². The first-order valence-corrected chi connectivity index (χ1v) is 6.97. The van der Waals surface area contributed by atoms with Gasteiger partial charge in [-0.2, -0.15) is 0 Å². The Balaban J connectivity index is 1.90. The zero-order chi connectivity index (χ0) is 15.2. The molecule has 1 fully saturated rings. The van der Waals surface area contributed by atoms with E-state index in [4.69, 9.17) is 9.84 Å². The van der Waals surface area contributed by atoms with Crippen molar-refractivity contribution in [3.8, 4) is 0 Å². The van der Waals surface area contributed by atoms with Crippen molar-refractivity contribution in [3.63, 3.8) is 0 Å². The van der Waals surface area contributed by atoms with Gasteiger partial charge in [-0.15, -0.1) is 0 Å². The third-order valence-electron chi connectivity index (χ3n) is 3.71. The number of piperidine rings is 1. The van der Waals surface area contributed by atoms with Gasteiger partial charge in [0.25, 0.3) is 0 Å². The van der Waals surface area contributed by atoms with Crippen LogP contribution in [0.3, 0.4) is 0 Å². The van der Waals surface area contributed by atoms with Crippen LogP contribution < -0.4 is 0 Å². The molecule has 0 spiro atoms. The van der Waals surface area contributed by atoms with E-state index in [-0.39, 0.29) is 12.7 Å².